The van der Waals surface area contributed by atoms with E-state index in [-0.39, 0.29) is 31.1 Å². The van der Waals surface area contributed by atoms with Crippen LogP contribution in [0.3, 0.4) is 0 Å². The van der Waals surface area contributed by atoms with Gasteiger partial charge in [0.05, 0.1) is 0 Å². The Balaban J connectivity index is 4.31. The van der Waals surface area contributed by atoms with E-state index in [1.165, 1.54) is 225 Å². The first kappa shape index (κ1) is 68.6. The van der Waals surface area contributed by atoms with Crippen molar-refractivity contribution >= 4 is 17.9 Å². The molecular formula is C65H120O6. The maximum atomic E-state index is 12.9. The predicted octanol–water partition coefficient (Wildman–Crippen LogP) is 21.2. The van der Waals surface area contributed by atoms with Crippen LogP contribution >= 0.6 is 0 Å². The summed E-state index contributed by atoms with van der Waals surface area (Å²) < 4.78 is 16.9. The normalized spacial score (nSPS) is 12.2. The molecule has 0 aliphatic rings. The van der Waals surface area contributed by atoms with Gasteiger partial charge in [-0.25, -0.2) is 0 Å². The van der Waals surface area contributed by atoms with Gasteiger partial charge in [0.2, 0.25) is 0 Å². The molecule has 0 aromatic carbocycles. The predicted molar refractivity (Wildman–Crippen MR) is 307 cm³/mol. The Morgan fingerprint density at radius 3 is 0.831 bits per heavy atom. The number of rotatable bonds is 58. The third-order valence-electron chi connectivity index (χ3n) is 14.1. The Kier molecular flexibility index (Phi) is 58.2. The molecule has 0 bridgehead atoms. The van der Waals surface area contributed by atoms with Gasteiger partial charge >= 0.3 is 17.9 Å². The molecular weight excluding hydrogens is 877 g/mol. The van der Waals surface area contributed by atoms with E-state index in [1.54, 1.807) is 0 Å². The molecule has 0 aromatic rings. The first-order valence-corrected chi connectivity index (χ1v) is 31.5. The molecule has 0 aromatic heterocycles. The Bertz CT molecular complexity index is 1190. The van der Waals surface area contributed by atoms with Crippen LogP contribution in [0.4, 0.5) is 0 Å². The van der Waals surface area contributed by atoms with Crippen molar-refractivity contribution < 1.29 is 28.6 Å². The van der Waals surface area contributed by atoms with Gasteiger partial charge in [-0.05, 0) is 70.6 Å². The fourth-order valence-corrected chi connectivity index (χ4v) is 9.34. The van der Waals surface area contributed by atoms with Crippen LogP contribution in [0, 0.1) is 0 Å². The topological polar surface area (TPSA) is 78.9 Å². The van der Waals surface area contributed by atoms with E-state index in [0.29, 0.717) is 19.3 Å². The van der Waals surface area contributed by atoms with Gasteiger partial charge in [0.25, 0.3) is 0 Å². The molecule has 0 radical (unpaired) electrons. The van der Waals surface area contributed by atoms with Gasteiger partial charge in [0.1, 0.15) is 13.2 Å². The summed E-state index contributed by atoms with van der Waals surface area (Å²) in [4.78, 5) is 38.3. The van der Waals surface area contributed by atoms with Crippen molar-refractivity contribution in [1.82, 2.24) is 0 Å². The largest absolute Gasteiger partial charge is 0.462 e. The number of hydrogen-bond acceptors (Lipinski definition) is 6. The zero-order valence-corrected chi connectivity index (χ0v) is 47.8. The van der Waals surface area contributed by atoms with Gasteiger partial charge < -0.3 is 14.2 Å². The molecule has 416 valence electrons. The Morgan fingerprint density at radius 2 is 0.521 bits per heavy atom. The average molecular weight is 998 g/mol. The van der Waals surface area contributed by atoms with Crippen molar-refractivity contribution in [2.75, 3.05) is 13.2 Å². The van der Waals surface area contributed by atoms with Crippen molar-refractivity contribution in [3.05, 3.63) is 36.5 Å². The minimum Gasteiger partial charge on any atom is -0.462 e. The van der Waals surface area contributed by atoms with Crippen LogP contribution in [-0.4, -0.2) is 37.2 Å². The molecule has 1 unspecified atom stereocenters. The van der Waals surface area contributed by atoms with Crippen LogP contribution in [0.25, 0.3) is 0 Å². The number of unbranched alkanes of at least 4 members (excludes halogenated alkanes) is 41. The Labute approximate surface area is 442 Å². The molecule has 0 fully saturated rings. The van der Waals surface area contributed by atoms with E-state index < -0.39 is 6.10 Å². The lowest BCUT2D eigenvalue weighted by Gasteiger charge is -2.18. The second-order valence-electron chi connectivity index (χ2n) is 21.3. The fraction of sp³-hybridized carbons (Fsp3) is 0.862. The molecule has 0 spiro atoms. The van der Waals surface area contributed by atoms with Crippen molar-refractivity contribution in [3.63, 3.8) is 0 Å². The van der Waals surface area contributed by atoms with Crippen molar-refractivity contribution in [1.29, 1.82) is 0 Å². The van der Waals surface area contributed by atoms with Gasteiger partial charge in [0, 0.05) is 19.3 Å². The lowest BCUT2D eigenvalue weighted by molar-refractivity contribution is -0.167. The molecule has 71 heavy (non-hydrogen) atoms. The van der Waals surface area contributed by atoms with Crippen molar-refractivity contribution in [3.8, 4) is 0 Å². The molecule has 0 saturated heterocycles. The van der Waals surface area contributed by atoms with Crippen molar-refractivity contribution in [2.45, 2.75) is 348 Å². The molecule has 0 amide bonds. The van der Waals surface area contributed by atoms with E-state index in [1.807, 2.05) is 0 Å². The highest BCUT2D eigenvalue weighted by Crippen LogP contribution is 2.17. The van der Waals surface area contributed by atoms with E-state index >= 15 is 0 Å². The van der Waals surface area contributed by atoms with Crippen molar-refractivity contribution in [2.24, 2.45) is 0 Å². The summed E-state index contributed by atoms with van der Waals surface area (Å²) in [7, 11) is 0. The highest BCUT2D eigenvalue weighted by atomic mass is 16.6. The quantitative estimate of drug-likeness (QED) is 0.0261. The zero-order chi connectivity index (χ0) is 51.4. The molecule has 6 heteroatoms. The average Bonchev–Trinajstić information content (AvgIpc) is 3.37. The fourth-order valence-electron chi connectivity index (χ4n) is 9.34. The minimum absolute atomic E-state index is 0.0733. The highest BCUT2D eigenvalue weighted by molar-refractivity contribution is 5.71. The van der Waals surface area contributed by atoms with Crippen LogP contribution in [0.5, 0.6) is 0 Å². The summed E-state index contributed by atoms with van der Waals surface area (Å²) in [5.41, 5.74) is 0. The van der Waals surface area contributed by atoms with Crippen LogP contribution in [0.2, 0.25) is 0 Å². The summed E-state index contributed by atoms with van der Waals surface area (Å²) >= 11 is 0. The van der Waals surface area contributed by atoms with Crippen LogP contribution < -0.4 is 0 Å². The summed E-state index contributed by atoms with van der Waals surface area (Å²) in [6, 6.07) is 0. The molecule has 0 N–H and O–H groups in total. The molecule has 1 atom stereocenters. The Hall–Kier alpha value is -2.37. The third-order valence-corrected chi connectivity index (χ3v) is 14.1. The van der Waals surface area contributed by atoms with Gasteiger partial charge in [-0.1, -0.05) is 288 Å². The third kappa shape index (κ3) is 58.4. The first-order chi connectivity index (χ1) is 35.0. The SMILES string of the molecule is CCCC/C=C\C/C=C\CCCCCCCC(=O)OCC(COC(=O)CCCCCCCCCCCCCCCCCCCCCC)OC(=O)CCCCCCCCCCC/C=C\CCCCCCCC. The van der Waals surface area contributed by atoms with E-state index in [4.69, 9.17) is 14.2 Å². The lowest BCUT2D eigenvalue weighted by Crippen LogP contribution is -2.30. The monoisotopic (exact) mass is 997 g/mol. The second kappa shape index (κ2) is 60.2. The maximum absolute atomic E-state index is 12.9. The summed E-state index contributed by atoms with van der Waals surface area (Å²) in [6.07, 6.45) is 72.9. The maximum Gasteiger partial charge on any atom is 0.306 e. The standard InChI is InChI=1S/C65H120O6/c1-4-7-10-13-16-19-22-25-28-30-32-34-35-37-40-43-46-49-52-55-58-64(67)70-61-62(60-69-63(66)57-54-51-48-45-42-39-27-24-21-18-15-12-9-6-3)71-65(68)59-56-53-50-47-44-41-38-36-33-31-29-26-23-20-17-14-11-8-5-2/h15,18,24,26-27,29,62H,4-14,16-17,19-23,25,28,30-61H2,1-3H3/b18-15-,27-24-,29-26-. The second-order valence-corrected chi connectivity index (χ2v) is 21.3. The number of allylic oxidation sites excluding steroid dienone is 6. The Morgan fingerprint density at radius 1 is 0.282 bits per heavy atom. The number of carbonyl (C=O) groups is 3. The first-order valence-electron chi connectivity index (χ1n) is 31.5. The summed E-state index contributed by atoms with van der Waals surface area (Å²) in [6.45, 7) is 6.64. The molecule has 0 saturated carbocycles. The summed E-state index contributed by atoms with van der Waals surface area (Å²) in [5, 5.41) is 0. The van der Waals surface area contributed by atoms with Gasteiger partial charge in [-0.2, -0.15) is 0 Å². The van der Waals surface area contributed by atoms with E-state index in [2.05, 4.69) is 57.2 Å². The van der Waals surface area contributed by atoms with E-state index in [9.17, 15) is 14.4 Å². The molecule has 0 aliphatic heterocycles. The minimum atomic E-state index is -0.777. The number of ether oxygens (including phenoxy) is 3. The van der Waals surface area contributed by atoms with Gasteiger partial charge in [-0.3, -0.25) is 14.4 Å². The molecule has 0 rings (SSSR count). The molecule has 6 nitrogen and oxygen atoms in total. The zero-order valence-electron chi connectivity index (χ0n) is 47.8. The summed E-state index contributed by atoms with van der Waals surface area (Å²) in [5.74, 6) is -0.868. The number of hydrogen-bond donors (Lipinski definition) is 0. The van der Waals surface area contributed by atoms with Gasteiger partial charge in [0.15, 0.2) is 6.10 Å². The molecule has 0 heterocycles. The number of esters is 3. The van der Waals surface area contributed by atoms with Crippen LogP contribution in [0.1, 0.15) is 342 Å². The van der Waals surface area contributed by atoms with Crippen LogP contribution in [0.15, 0.2) is 36.5 Å². The lowest BCUT2D eigenvalue weighted by atomic mass is 10.0. The van der Waals surface area contributed by atoms with Crippen LogP contribution in [-0.2, 0) is 28.6 Å². The number of carbonyl (C=O) groups excluding carboxylic acids is 3. The highest BCUT2D eigenvalue weighted by Gasteiger charge is 2.19. The smallest absolute Gasteiger partial charge is 0.306 e. The molecule has 0 aliphatic carbocycles. The van der Waals surface area contributed by atoms with E-state index in [0.717, 1.165) is 77.0 Å². The van der Waals surface area contributed by atoms with Gasteiger partial charge in [-0.15, -0.1) is 0 Å².